The summed E-state index contributed by atoms with van der Waals surface area (Å²) in [4.78, 5) is 32.1. The van der Waals surface area contributed by atoms with Crippen molar-refractivity contribution in [3.05, 3.63) is 20.8 Å². The molecule has 1 aliphatic carbocycles. The van der Waals surface area contributed by atoms with Crippen LogP contribution >= 0.6 is 23.1 Å². The molecule has 2 aromatic heterocycles. The van der Waals surface area contributed by atoms with Gasteiger partial charge in [0, 0.05) is 17.0 Å². The molecule has 0 unspecified atom stereocenters. The van der Waals surface area contributed by atoms with Crippen LogP contribution in [0.4, 0.5) is 0 Å². The van der Waals surface area contributed by atoms with Crippen LogP contribution in [0, 0.1) is 0 Å². The number of nitrogens with one attached hydrogen (secondary N) is 1. The smallest absolute Gasteiger partial charge is 0.263 e. The summed E-state index contributed by atoms with van der Waals surface area (Å²) in [5.74, 6) is 0.230. The van der Waals surface area contributed by atoms with Crippen molar-refractivity contribution < 1.29 is 4.79 Å². The summed E-state index contributed by atoms with van der Waals surface area (Å²) in [5.41, 5.74) is 1.02. The molecule has 1 N–H and O–H groups in total. The van der Waals surface area contributed by atoms with E-state index < -0.39 is 0 Å². The van der Waals surface area contributed by atoms with E-state index in [1.54, 1.807) is 15.9 Å². The summed E-state index contributed by atoms with van der Waals surface area (Å²) < 4.78 is 1.75. The fourth-order valence-corrected chi connectivity index (χ4v) is 5.30. The molecule has 0 saturated heterocycles. The Hall–Kier alpha value is -1.34. The monoisotopic (exact) mass is 379 g/mol. The van der Waals surface area contributed by atoms with Gasteiger partial charge in [0.25, 0.3) is 5.56 Å². The lowest BCUT2D eigenvalue weighted by molar-refractivity contribution is -0.119. The lowest BCUT2D eigenvalue weighted by Gasteiger charge is -2.20. The van der Waals surface area contributed by atoms with Crippen molar-refractivity contribution in [1.29, 1.82) is 0 Å². The van der Waals surface area contributed by atoms with E-state index in [1.165, 1.54) is 22.2 Å². The van der Waals surface area contributed by atoms with Crippen molar-refractivity contribution >= 4 is 39.2 Å². The summed E-state index contributed by atoms with van der Waals surface area (Å²) in [6, 6.07) is 0. The standard InChI is InChI=1S/C18H25N3O2S2/c1-5-9-21-16(23)14-11-7-6-8-12(11)25-15(14)19-17(21)24-10-13(22)20-18(2,3)4/h5-10H2,1-4H3,(H,20,22). The second-order valence-corrected chi connectivity index (χ2v) is 9.50. The van der Waals surface area contributed by atoms with Gasteiger partial charge in [0.05, 0.1) is 11.1 Å². The first kappa shape index (κ1) is 18.5. The summed E-state index contributed by atoms with van der Waals surface area (Å²) in [6.45, 7) is 8.56. The zero-order valence-electron chi connectivity index (χ0n) is 15.3. The molecule has 0 bridgehead atoms. The average Bonchev–Trinajstić information content (AvgIpc) is 3.07. The van der Waals surface area contributed by atoms with Gasteiger partial charge in [-0.3, -0.25) is 14.2 Å². The van der Waals surface area contributed by atoms with Gasteiger partial charge in [-0.25, -0.2) is 4.98 Å². The molecule has 2 aromatic rings. The van der Waals surface area contributed by atoms with E-state index in [2.05, 4.69) is 12.2 Å². The molecule has 136 valence electrons. The summed E-state index contributed by atoms with van der Waals surface area (Å²) in [5, 5.41) is 4.42. The normalized spacial score (nSPS) is 14.1. The summed E-state index contributed by atoms with van der Waals surface area (Å²) in [6.07, 6.45) is 4.04. The van der Waals surface area contributed by atoms with Crippen molar-refractivity contribution in [2.45, 2.75) is 70.6 Å². The Morgan fingerprint density at radius 3 is 2.80 bits per heavy atom. The number of carbonyl (C=O) groups is 1. The molecule has 2 heterocycles. The van der Waals surface area contributed by atoms with Gasteiger partial charge in [0.15, 0.2) is 5.16 Å². The molecule has 3 rings (SSSR count). The van der Waals surface area contributed by atoms with Crippen LogP contribution < -0.4 is 10.9 Å². The predicted octanol–water partition coefficient (Wildman–Crippen LogP) is 3.36. The first-order chi connectivity index (χ1) is 11.8. The molecular formula is C18H25N3O2S2. The molecule has 0 fully saturated rings. The predicted molar refractivity (Wildman–Crippen MR) is 105 cm³/mol. The molecule has 5 nitrogen and oxygen atoms in total. The maximum Gasteiger partial charge on any atom is 0.263 e. The molecule has 0 aliphatic heterocycles. The van der Waals surface area contributed by atoms with Crippen LogP contribution in [0.5, 0.6) is 0 Å². The number of hydrogen-bond acceptors (Lipinski definition) is 5. The van der Waals surface area contributed by atoms with E-state index in [1.807, 2.05) is 20.8 Å². The fraction of sp³-hybridized carbons (Fsp3) is 0.611. The number of aromatic nitrogens is 2. The van der Waals surface area contributed by atoms with Crippen LogP contribution in [0.25, 0.3) is 10.2 Å². The number of carbonyl (C=O) groups excluding carboxylic acids is 1. The highest BCUT2D eigenvalue weighted by molar-refractivity contribution is 7.99. The lowest BCUT2D eigenvalue weighted by atomic mass is 10.1. The summed E-state index contributed by atoms with van der Waals surface area (Å²) in [7, 11) is 0. The highest BCUT2D eigenvalue weighted by Gasteiger charge is 2.23. The van der Waals surface area contributed by atoms with Gasteiger partial charge in [-0.15, -0.1) is 11.3 Å². The Kier molecular flexibility index (Phi) is 5.25. The minimum absolute atomic E-state index is 0.0384. The number of rotatable bonds is 5. The van der Waals surface area contributed by atoms with Crippen LogP contribution in [0.1, 0.15) is 51.0 Å². The topological polar surface area (TPSA) is 64.0 Å². The molecule has 0 spiro atoms. The van der Waals surface area contributed by atoms with Gasteiger partial charge in [-0.2, -0.15) is 0 Å². The first-order valence-electron chi connectivity index (χ1n) is 8.79. The third-order valence-electron chi connectivity index (χ3n) is 4.08. The highest BCUT2D eigenvalue weighted by atomic mass is 32.2. The first-order valence-corrected chi connectivity index (χ1v) is 10.6. The quantitative estimate of drug-likeness (QED) is 0.639. The third-order valence-corrected chi connectivity index (χ3v) is 6.25. The Bertz CT molecular complexity index is 862. The number of thiophene rings is 1. The molecule has 0 aromatic carbocycles. The SMILES string of the molecule is CCCn1c(SCC(=O)NC(C)(C)C)nc2sc3c(c2c1=O)CCC3. The van der Waals surface area contributed by atoms with Crippen molar-refractivity contribution in [3.8, 4) is 0 Å². The van der Waals surface area contributed by atoms with Crippen LogP contribution in [-0.2, 0) is 24.2 Å². The number of amides is 1. The highest BCUT2D eigenvalue weighted by Crippen LogP contribution is 2.35. The molecule has 0 radical (unpaired) electrons. The van der Waals surface area contributed by atoms with Gasteiger partial charge >= 0.3 is 0 Å². The molecule has 25 heavy (non-hydrogen) atoms. The van der Waals surface area contributed by atoms with E-state index >= 15 is 0 Å². The van der Waals surface area contributed by atoms with E-state index in [0.717, 1.165) is 35.9 Å². The lowest BCUT2D eigenvalue weighted by Crippen LogP contribution is -2.41. The third kappa shape index (κ3) is 3.92. The molecule has 1 amide bonds. The number of thioether (sulfide) groups is 1. The van der Waals surface area contributed by atoms with Crippen molar-refractivity contribution in [1.82, 2.24) is 14.9 Å². The van der Waals surface area contributed by atoms with Gasteiger partial charge < -0.3 is 5.32 Å². The molecular weight excluding hydrogens is 354 g/mol. The van der Waals surface area contributed by atoms with E-state index in [-0.39, 0.29) is 22.8 Å². The van der Waals surface area contributed by atoms with Crippen molar-refractivity contribution in [2.24, 2.45) is 0 Å². The van der Waals surface area contributed by atoms with Crippen LogP contribution in [0.3, 0.4) is 0 Å². The average molecular weight is 380 g/mol. The molecule has 0 atom stereocenters. The zero-order chi connectivity index (χ0) is 18.2. The maximum atomic E-state index is 13.0. The van der Waals surface area contributed by atoms with E-state index in [4.69, 9.17) is 4.98 Å². The Balaban J connectivity index is 1.93. The molecule has 7 heteroatoms. The van der Waals surface area contributed by atoms with Gasteiger partial charge in [-0.1, -0.05) is 18.7 Å². The second-order valence-electron chi connectivity index (χ2n) is 7.48. The van der Waals surface area contributed by atoms with Crippen LogP contribution in [0.2, 0.25) is 0 Å². The van der Waals surface area contributed by atoms with Crippen LogP contribution in [-0.4, -0.2) is 26.8 Å². The number of aryl methyl sites for hydroxylation is 2. The Morgan fingerprint density at radius 1 is 1.36 bits per heavy atom. The molecule has 1 aliphatic rings. The maximum absolute atomic E-state index is 13.0. The van der Waals surface area contributed by atoms with Crippen LogP contribution in [0.15, 0.2) is 9.95 Å². The van der Waals surface area contributed by atoms with E-state index in [0.29, 0.717) is 11.7 Å². The largest absolute Gasteiger partial charge is 0.351 e. The number of hydrogen-bond donors (Lipinski definition) is 1. The Labute approximate surface area is 156 Å². The summed E-state index contributed by atoms with van der Waals surface area (Å²) >= 11 is 3.00. The Morgan fingerprint density at radius 2 is 2.12 bits per heavy atom. The zero-order valence-corrected chi connectivity index (χ0v) is 16.9. The second kappa shape index (κ2) is 7.11. The minimum atomic E-state index is -0.257. The molecule has 0 saturated carbocycles. The number of nitrogens with zero attached hydrogens (tertiary/aromatic N) is 2. The van der Waals surface area contributed by atoms with Gasteiger partial charge in [0.2, 0.25) is 5.91 Å². The van der Waals surface area contributed by atoms with Crippen molar-refractivity contribution in [3.63, 3.8) is 0 Å². The van der Waals surface area contributed by atoms with E-state index in [9.17, 15) is 9.59 Å². The van der Waals surface area contributed by atoms with Crippen molar-refractivity contribution in [2.75, 3.05) is 5.75 Å². The minimum Gasteiger partial charge on any atom is -0.351 e. The van der Waals surface area contributed by atoms with Gasteiger partial charge in [-0.05, 0) is 52.0 Å². The van der Waals surface area contributed by atoms with Gasteiger partial charge in [0.1, 0.15) is 4.83 Å². The fourth-order valence-electron chi connectivity index (χ4n) is 3.17. The number of fused-ring (bicyclic) bond motifs is 3.